The normalized spacial score (nSPS) is 56.1. The molecule has 2 heterocycles. The van der Waals surface area contributed by atoms with Crippen LogP contribution in [0.25, 0.3) is 0 Å². The molecule has 2 saturated carbocycles. The minimum Gasteiger partial charge on any atom is -0.367 e. The minimum absolute atomic E-state index is 0.304. The second-order valence-corrected chi connectivity index (χ2v) is 5.51. The molecule has 0 aromatic carbocycles. The Morgan fingerprint density at radius 2 is 1.86 bits per heavy atom. The maximum absolute atomic E-state index is 6.03. The predicted molar refractivity (Wildman–Crippen MR) is 52.1 cm³/mol. The fourth-order valence-corrected chi connectivity index (χ4v) is 3.90. The monoisotopic (exact) mass is 194 g/mol. The van der Waals surface area contributed by atoms with Gasteiger partial charge in [0.05, 0.1) is 6.10 Å². The number of fused-ring (bicyclic) bond motifs is 3. The Kier molecular flexibility index (Phi) is 1.47. The number of rotatable bonds is 1. The van der Waals surface area contributed by atoms with E-state index in [1.165, 1.54) is 44.9 Å². The third-order valence-electron chi connectivity index (χ3n) is 4.81. The molecule has 2 heteroatoms. The van der Waals surface area contributed by atoms with Gasteiger partial charge in [0.25, 0.3) is 0 Å². The highest BCUT2D eigenvalue weighted by Crippen LogP contribution is 2.61. The molecule has 0 bridgehead atoms. The van der Waals surface area contributed by atoms with Crippen LogP contribution in [0.4, 0.5) is 0 Å². The molecule has 0 spiro atoms. The van der Waals surface area contributed by atoms with Gasteiger partial charge in [-0.15, -0.1) is 0 Å². The summed E-state index contributed by atoms with van der Waals surface area (Å²) in [4.78, 5) is 0. The Hall–Kier alpha value is -0.0800. The summed E-state index contributed by atoms with van der Waals surface area (Å²) in [7, 11) is 0. The summed E-state index contributed by atoms with van der Waals surface area (Å²) in [6.07, 6.45) is 11.3. The number of ether oxygens (including phenoxy) is 2. The fourth-order valence-electron chi connectivity index (χ4n) is 3.90. The average molecular weight is 194 g/mol. The van der Waals surface area contributed by atoms with Crippen molar-refractivity contribution in [3.63, 3.8) is 0 Å². The fraction of sp³-hybridized carbons (Fsp3) is 1.00. The van der Waals surface area contributed by atoms with Crippen LogP contribution in [0, 0.1) is 5.92 Å². The van der Waals surface area contributed by atoms with Crippen molar-refractivity contribution in [2.24, 2.45) is 5.92 Å². The topological polar surface area (TPSA) is 25.1 Å². The zero-order chi connectivity index (χ0) is 9.17. The van der Waals surface area contributed by atoms with Crippen LogP contribution >= 0.6 is 0 Å². The van der Waals surface area contributed by atoms with Crippen LogP contribution in [0.5, 0.6) is 0 Å². The largest absolute Gasteiger partial charge is 0.367 e. The van der Waals surface area contributed by atoms with Gasteiger partial charge in [-0.05, 0) is 31.6 Å². The van der Waals surface area contributed by atoms with E-state index in [9.17, 15) is 0 Å². The molecule has 4 fully saturated rings. The van der Waals surface area contributed by atoms with Crippen LogP contribution in [0.2, 0.25) is 0 Å². The molecule has 0 radical (unpaired) electrons. The first-order chi connectivity index (χ1) is 6.90. The number of hydrogen-bond acceptors (Lipinski definition) is 2. The summed E-state index contributed by atoms with van der Waals surface area (Å²) < 4.78 is 11.7. The van der Waals surface area contributed by atoms with Gasteiger partial charge >= 0.3 is 0 Å². The molecule has 0 N–H and O–H groups in total. The molecule has 2 nitrogen and oxygen atoms in total. The van der Waals surface area contributed by atoms with E-state index in [1.54, 1.807) is 0 Å². The minimum atomic E-state index is 0.304. The standard InChI is InChI=1S/C12H18O2/c1-2-4-8(5-3-1)12-7-6-9-10(13-9)11(12)14-12/h8-11H,1-7H2. The third-order valence-corrected chi connectivity index (χ3v) is 4.81. The van der Waals surface area contributed by atoms with Crippen molar-refractivity contribution >= 4 is 0 Å². The highest BCUT2D eigenvalue weighted by molar-refractivity contribution is 5.19. The van der Waals surface area contributed by atoms with Gasteiger partial charge in [0, 0.05) is 0 Å². The summed E-state index contributed by atoms with van der Waals surface area (Å²) in [5, 5.41) is 0. The van der Waals surface area contributed by atoms with Gasteiger partial charge in [0.2, 0.25) is 0 Å². The maximum Gasteiger partial charge on any atom is 0.116 e. The van der Waals surface area contributed by atoms with Gasteiger partial charge < -0.3 is 9.47 Å². The van der Waals surface area contributed by atoms with Gasteiger partial charge in [-0.1, -0.05) is 19.3 Å². The van der Waals surface area contributed by atoms with E-state index in [4.69, 9.17) is 9.47 Å². The van der Waals surface area contributed by atoms with Gasteiger partial charge in [0.15, 0.2) is 0 Å². The van der Waals surface area contributed by atoms with Crippen LogP contribution < -0.4 is 0 Å². The summed E-state index contributed by atoms with van der Waals surface area (Å²) in [6.45, 7) is 0. The second-order valence-electron chi connectivity index (χ2n) is 5.51. The number of hydrogen-bond donors (Lipinski definition) is 0. The molecule has 14 heavy (non-hydrogen) atoms. The van der Waals surface area contributed by atoms with Gasteiger partial charge in [-0.25, -0.2) is 0 Å². The van der Waals surface area contributed by atoms with Crippen LogP contribution in [0.1, 0.15) is 44.9 Å². The quantitative estimate of drug-likeness (QED) is 0.598. The molecule has 2 aliphatic heterocycles. The predicted octanol–water partition coefficient (Wildman–Crippen LogP) is 2.27. The summed E-state index contributed by atoms with van der Waals surface area (Å²) >= 11 is 0. The lowest BCUT2D eigenvalue weighted by Gasteiger charge is -2.29. The van der Waals surface area contributed by atoms with E-state index in [-0.39, 0.29) is 0 Å². The molecule has 4 unspecified atom stereocenters. The van der Waals surface area contributed by atoms with Crippen LogP contribution in [0.3, 0.4) is 0 Å². The van der Waals surface area contributed by atoms with Crippen molar-refractivity contribution in [2.45, 2.75) is 68.9 Å². The molecule has 2 aliphatic carbocycles. The van der Waals surface area contributed by atoms with Crippen molar-refractivity contribution in [1.82, 2.24) is 0 Å². The van der Waals surface area contributed by atoms with Crippen molar-refractivity contribution in [3.05, 3.63) is 0 Å². The molecular weight excluding hydrogens is 176 g/mol. The van der Waals surface area contributed by atoms with E-state index in [0.717, 1.165) is 5.92 Å². The van der Waals surface area contributed by atoms with Gasteiger partial charge in [-0.3, -0.25) is 0 Å². The van der Waals surface area contributed by atoms with E-state index in [2.05, 4.69) is 0 Å². The molecule has 0 amide bonds. The number of epoxide rings is 2. The highest BCUT2D eigenvalue weighted by Gasteiger charge is 2.72. The van der Waals surface area contributed by atoms with Crippen molar-refractivity contribution < 1.29 is 9.47 Å². The Bertz CT molecular complexity index is 259. The van der Waals surface area contributed by atoms with Crippen molar-refractivity contribution in [2.75, 3.05) is 0 Å². The lowest BCUT2D eigenvalue weighted by atomic mass is 9.73. The Morgan fingerprint density at radius 1 is 1.00 bits per heavy atom. The van der Waals surface area contributed by atoms with Crippen LogP contribution in [-0.4, -0.2) is 23.9 Å². The Balaban J connectivity index is 1.54. The molecule has 4 aliphatic rings. The lowest BCUT2D eigenvalue weighted by molar-refractivity contribution is 0.156. The van der Waals surface area contributed by atoms with Gasteiger partial charge in [0.1, 0.15) is 17.8 Å². The second kappa shape index (κ2) is 2.53. The Morgan fingerprint density at radius 3 is 2.71 bits per heavy atom. The molecule has 0 aromatic heterocycles. The van der Waals surface area contributed by atoms with Crippen molar-refractivity contribution in [3.8, 4) is 0 Å². The summed E-state index contributed by atoms with van der Waals surface area (Å²) in [6, 6.07) is 0. The molecule has 4 atom stereocenters. The lowest BCUT2D eigenvalue weighted by Crippen LogP contribution is -2.34. The van der Waals surface area contributed by atoms with E-state index >= 15 is 0 Å². The van der Waals surface area contributed by atoms with E-state index in [1.807, 2.05) is 0 Å². The molecule has 0 aromatic rings. The first-order valence-electron chi connectivity index (χ1n) is 6.23. The highest BCUT2D eigenvalue weighted by atomic mass is 16.7. The first kappa shape index (κ1) is 8.12. The molecule has 78 valence electrons. The SMILES string of the molecule is C1CCC(C23CCC4OC4C2O3)CC1. The van der Waals surface area contributed by atoms with Crippen LogP contribution in [0.15, 0.2) is 0 Å². The molecule has 2 saturated heterocycles. The molecular formula is C12H18O2. The maximum atomic E-state index is 6.03. The first-order valence-corrected chi connectivity index (χ1v) is 6.23. The smallest absolute Gasteiger partial charge is 0.116 e. The van der Waals surface area contributed by atoms with Gasteiger partial charge in [-0.2, -0.15) is 0 Å². The van der Waals surface area contributed by atoms with E-state index < -0.39 is 0 Å². The summed E-state index contributed by atoms with van der Waals surface area (Å²) in [5.41, 5.74) is 0.304. The van der Waals surface area contributed by atoms with E-state index in [0.29, 0.717) is 23.9 Å². The molecule has 4 rings (SSSR count). The zero-order valence-electron chi connectivity index (χ0n) is 8.58. The summed E-state index contributed by atoms with van der Waals surface area (Å²) in [5.74, 6) is 0.867. The van der Waals surface area contributed by atoms with Crippen LogP contribution in [-0.2, 0) is 9.47 Å². The average Bonchev–Trinajstić information content (AvgIpc) is 3.11. The zero-order valence-corrected chi connectivity index (χ0v) is 8.58. The Labute approximate surface area is 85.0 Å². The van der Waals surface area contributed by atoms with Crippen molar-refractivity contribution in [1.29, 1.82) is 0 Å². The third kappa shape index (κ3) is 0.938.